The number of hydrogen-bond donors (Lipinski definition) is 1. The Morgan fingerprint density at radius 3 is 2.89 bits per heavy atom. The van der Waals surface area contributed by atoms with E-state index in [1.807, 2.05) is 5.51 Å². The van der Waals surface area contributed by atoms with Gasteiger partial charge in [-0.2, -0.15) is 0 Å². The molecule has 1 aliphatic heterocycles. The molecule has 0 aliphatic carbocycles. The van der Waals surface area contributed by atoms with Crippen molar-refractivity contribution in [2.75, 3.05) is 6.54 Å². The molecule has 0 radical (unpaired) electrons. The Hall–Kier alpha value is -1.23. The normalized spacial score (nSPS) is 24.5. The van der Waals surface area contributed by atoms with Crippen LogP contribution in [0.25, 0.3) is 0 Å². The van der Waals surface area contributed by atoms with Gasteiger partial charge in [-0.05, 0) is 24.9 Å². The SMILES string of the molecule is NC1CCCN(Cc2ccccc2)C1c1cscn1. The summed E-state index contributed by atoms with van der Waals surface area (Å²) in [7, 11) is 0. The molecule has 2 atom stereocenters. The second-order valence-electron chi connectivity index (χ2n) is 5.12. The summed E-state index contributed by atoms with van der Waals surface area (Å²) in [4.78, 5) is 6.95. The van der Waals surface area contributed by atoms with E-state index in [4.69, 9.17) is 5.73 Å². The number of nitrogens with two attached hydrogens (primary N) is 1. The highest BCUT2D eigenvalue weighted by Gasteiger charge is 2.31. The van der Waals surface area contributed by atoms with Gasteiger partial charge in [-0.15, -0.1) is 11.3 Å². The van der Waals surface area contributed by atoms with Crippen molar-refractivity contribution in [1.82, 2.24) is 9.88 Å². The molecule has 3 rings (SSSR count). The lowest BCUT2D eigenvalue weighted by molar-refractivity contribution is 0.118. The topological polar surface area (TPSA) is 42.1 Å². The second-order valence-corrected chi connectivity index (χ2v) is 5.84. The average Bonchev–Trinajstić information content (AvgIpc) is 2.94. The van der Waals surface area contributed by atoms with Crippen LogP contribution in [0.15, 0.2) is 41.2 Å². The van der Waals surface area contributed by atoms with Crippen molar-refractivity contribution in [3.63, 3.8) is 0 Å². The van der Waals surface area contributed by atoms with E-state index in [9.17, 15) is 0 Å². The third kappa shape index (κ3) is 2.86. The van der Waals surface area contributed by atoms with Crippen molar-refractivity contribution >= 4 is 11.3 Å². The highest BCUT2D eigenvalue weighted by molar-refractivity contribution is 7.07. The predicted octanol–water partition coefficient (Wildman–Crippen LogP) is 2.81. The summed E-state index contributed by atoms with van der Waals surface area (Å²) >= 11 is 1.65. The maximum absolute atomic E-state index is 6.34. The number of hydrogen-bond acceptors (Lipinski definition) is 4. The molecule has 0 bridgehead atoms. The molecule has 1 saturated heterocycles. The number of benzene rings is 1. The Morgan fingerprint density at radius 2 is 2.16 bits per heavy atom. The first-order valence-electron chi connectivity index (χ1n) is 6.76. The van der Waals surface area contributed by atoms with Crippen LogP contribution < -0.4 is 5.73 Å². The second kappa shape index (κ2) is 5.82. The number of rotatable bonds is 3. The average molecular weight is 273 g/mol. The van der Waals surface area contributed by atoms with Gasteiger partial charge >= 0.3 is 0 Å². The third-order valence-electron chi connectivity index (χ3n) is 3.76. The molecule has 0 spiro atoms. The van der Waals surface area contributed by atoms with Gasteiger partial charge in [0.15, 0.2) is 0 Å². The van der Waals surface area contributed by atoms with Crippen LogP contribution in [0.4, 0.5) is 0 Å². The van der Waals surface area contributed by atoms with Crippen LogP contribution in [0.3, 0.4) is 0 Å². The fourth-order valence-electron chi connectivity index (χ4n) is 2.87. The van der Waals surface area contributed by atoms with E-state index in [1.54, 1.807) is 11.3 Å². The van der Waals surface area contributed by atoms with Crippen LogP contribution in [0.2, 0.25) is 0 Å². The Balaban J connectivity index is 1.81. The van der Waals surface area contributed by atoms with E-state index in [-0.39, 0.29) is 12.1 Å². The number of aromatic nitrogens is 1. The van der Waals surface area contributed by atoms with E-state index >= 15 is 0 Å². The minimum atomic E-state index is 0.194. The van der Waals surface area contributed by atoms with Gasteiger partial charge in [-0.1, -0.05) is 30.3 Å². The zero-order valence-corrected chi connectivity index (χ0v) is 11.7. The Morgan fingerprint density at radius 1 is 1.32 bits per heavy atom. The zero-order valence-electron chi connectivity index (χ0n) is 10.9. The standard InChI is InChI=1S/C15H19N3S/c16-13-7-4-8-18(9-12-5-2-1-3-6-12)15(13)14-10-19-11-17-14/h1-3,5-6,10-11,13,15H,4,7-9,16H2. The molecular weight excluding hydrogens is 254 g/mol. The maximum atomic E-state index is 6.34. The zero-order chi connectivity index (χ0) is 13.1. The van der Waals surface area contributed by atoms with Gasteiger partial charge in [-0.3, -0.25) is 4.90 Å². The first-order chi connectivity index (χ1) is 9.34. The van der Waals surface area contributed by atoms with Crippen molar-refractivity contribution in [3.05, 3.63) is 52.5 Å². The van der Waals surface area contributed by atoms with Crippen LogP contribution in [-0.2, 0) is 6.54 Å². The summed E-state index contributed by atoms with van der Waals surface area (Å²) in [5.41, 5.74) is 10.7. The smallest absolute Gasteiger partial charge is 0.0795 e. The highest BCUT2D eigenvalue weighted by atomic mass is 32.1. The van der Waals surface area contributed by atoms with Crippen LogP contribution in [0.5, 0.6) is 0 Å². The van der Waals surface area contributed by atoms with Crippen LogP contribution in [0.1, 0.15) is 30.1 Å². The van der Waals surface area contributed by atoms with E-state index in [0.29, 0.717) is 0 Å². The molecule has 1 aliphatic rings. The lowest BCUT2D eigenvalue weighted by Gasteiger charge is -2.39. The minimum absolute atomic E-state index is 0.194. The lowest BCUT2D eigenvalue weighted by atomic mass is 9.94. The van der Waals surface area contributed by atoms with E-state index in [2.05, 4.69) is 45.6 Å². The van der Waals surface area contributed by atoms with Crippen molar-refractivity contribution < 1.29 is 0 Å². The Labute approximate surface area is 118 Å². The molecule has 1 aromatic carbocycles. The first-order valence-corrected chi connectivity index (χ1v) is 7.70. The van der Waals surface area contributed by atoms with E-state index in [1.165, 1.54) is 12.0 Å². The van der Waals surface area contributed by atoms with Gasteiger partial charge in [0.2, 0.25) is 0 Å². The van der Waals surface area contributed by atoms with E-state index in [0.717, 1.165) is 25.2 Å². The summed E-state index contributed by atoms with van der Waals surface area (Å²) in [6, 6.07) is 11.1. The lowest BCUT2D eigenvalue weighted by Crippen LogP contribution is -2.45. The molecule has 2 heterocycles. The number of piperidine rings is 1. The fraction of sp³-hybridized carbons (Fsp3) is 0.400. The molecule has 0 amide bonds. The first kappa shape index (κ1) is 12.8. The van der Waals surface area contributed by atoms with Gasteiger partial charge in [-0.25, -0.2) is 4.98 Å². The molecule has 2 N–H and O–H groups in total. The molecule has 19 heavy (non-hydrogen) atoms. The molecule has 100 valence electrons. The summed E-state index contributed by atoms with van der Waals surface area (Å²) in [6.45, 7) is 2.06. The minimum Gasteiger partial charge on any atom is -0.326 e. The quantitative estimate of drug-likeness (QED) is 0.935. The van der Waals surface area contributed by atoms with Gasteiger partial charge in [0.1, 0.15) is 0 Å². The van der Waals surface area contributed by atoms with Crippen molar-refractivity contribution in [2.45, 2.75) is 31.5 Å². The van der Waals surface area contributed by atoms with Gasteiger partial charge in [0.05, 0.1) is 17.2 Å². The highest BCUT2D eigenvalue weighted by Crippen LogP contribution is 2.31. The monoisotopic (exact) mass is 273 g/mol. The molecule has 1 aromatic heterocycles. The number of likely N-dealkylation sites (tertiary alicyclic amines) is 1. The van der Waals surface area contributed by atoms with Crippen molar-refractivity contribution in [2.24, 2.45) is 5.73 Å². The molecule has 2 aromatic rings. The fourth-order valence-corrected chi connectivity index (χ4v) is 3.45. The summed E-state index contributed by atoms with van der Waals surface area (Å²) in [5.74, 6) is 0. The summed E-state index contributed by atoms with van der Waals surface area (Å²) in [5, 5.41) is 2.13. The Bertz CT molecular complexity index is 497. The maximum Gasteiger partial charge on any atom is 0.0795 e. The largest absolute Gasteiger partial charge is 0.326 e. The Kier molecular flexibility index (Phi) is 3.92. The summed E-state index contributed by atoms with van der Waals surface area (Å²) < 4.78 is 0. The molecule has 3 nitrogen and oxygen atoms in total. The molecular formula is C15H19N3S. The van der Waals surface area contributed by atoms with Crippen LogP contribution in [0, 0.1) is 0 Å². The van der Waals surface area contributed by atoms with Gasteiger partial charge < -0.3 is 5.73 Å². The molecule has 1 fully saturated rings. The number of nitrogens with zero attached hydrogens (tertiary/aromatic N) is 2. The van der Waals surface area contributed by atoms with Gasteiger partial charge in [0.25, 0.3) is 0 Å². The number of thiazole rings is 1. The van der Waals surface area contributed by atoms with Crippen LogP contribution in [-0.4, -0.2) is 22.5 Å². The molecule has 0 saturated carbocycles. The van der Waals surface area contributed by atoms with Gasteiger partial charge in [0, 0.05) is 18.0 Å². The van der Waals surface area contributed by atoms with E-state index < -0.39 is 0 Å². The molecule has 4 heteroatoms. The van der Waals surface area contributed by atoms with Crippen LogP contribution >= 0.6 is 11.3 Å². The van der Waals surface area contributed by atoms with Crippen molar-refractivity contribution in [3.8, 4) is 0 Å². The third-order valence-corrected chi connectivity index (χ3v) is 4.37. The predicted molar refractivity (Wildman–Crippen MR) is 78.9 cm³/mol. The summed E-state index contributed by atoms with van der Waals surface area (Å²) in [6.07, 6.45) is 2.27. The molecule has 2 unspecified atom stereocenters. The van der Waals surface area contributed by atoms with Crippen molar-refractivity contribution in [1.29, 1.82) is 0 Å².